The molecule has 1 heterocycles. The number of rotatable bonds is 0. The molecule has 2 N–H and O–H groups in total. The molecule has 2 nitrogen and oxygen atoms in total. The Bertz CT molecular complexity index is 297. The average molecular weight is 265 g/mol. The van der Waals surface area contributed by atoms with Gasteiger partial charge < -0.3 is 10.2 Å². The summed E-state index contributed by atoms with van der Waals surface area (Å²) in [6, 6.07) is 0. The average Bonchev–Trinajstić information content (AvgIpc) is 2.17. The van der Waals surface area contributed by atoms with E-state index in [2.05, 4.69) is 37.8 Å². The molecule has 0 aliphatic rings. The van der Waals surface area contributed by atoms with Crippen LogP contribution in [0.3, 0.4) is 0 Å². The Morgan fingerprint density at radius 3 is 2.30 bits per heavy atom. The molecule has 0 atom stereocenters. The maximum Gasteiger partial charge on any atom is 0.202 e. The number of hydrogen-bond acceptors (Lipinski definition) is 2. The highest BCUT2D eigenvalue weighted by atomic mass is 79.9. The Hall–Kier alpha value is -0.400. The standard InChI is InChI=1S/C6H3Br2NO/c1-2-3-5(9)4(7)6(8)10-3/h1H,9H2. The Labute approximate surface area is 75.0 Å². The minimum atomic E-state index is 0.346. The molecule has 1 aromatic heterocycles. The van der Waals surface area contributed by atoms with Crippen molar-refractivity contribution in [1.29, 1.82) is 0 Å². The summed E-state index contributed by atoms with van der Waals surface area (Å²) >= 11 is 6.30. The smallest absolute Gasteiger partial charge is 0.202 e. The predicted molar refractivity (Wildman–Crippen MR) is 46.5 cm³/mol. The van der Waals surface area contributed by atoms with Crippen molar-refractivity contribution in [2.75, 3.05) is 5.73 Å². The van der Waals surface area contributed by atoms with Gasteiger partial charge in [-0.3, -0.25) is 0 Å². The fourth-order valence-electron chi connectivity index (χ4n) is 0.502. The first-order valence-corrected chi connectivity index (χ1v) is 3.95. The fraction of sp³-hybridized carbons (Fsp3) is 0. The summed E-state index contributed by atoms with van der Waals surface area (Å²) < 4.78 is 6.20. The minimum Gasteiger partial charge on any atom is -0.438 e. The second-order valence-corrected chi connectivity index (χ2v) is 3.09. The van der Waals surface area contributed by atoms with Crippen molar-refractivity contribution in [3.8, 4) is 12.3 Å². The first-order valence-electron chi connectivity index (χ1n) is 2.36. The van der Waals surface area contributed by atoms with Gasteiger partial charge in [0.1, 0.15) is 5.69 Å². The van der Waals surface area contributed by atoms with Gasteiger partial charge in [0.25, 0.3) is 0 Å². The molecule has 0 radical (unpaired) electrons. The van der Waals surface area contributed by atoms with E-state index in [-0.39, 0.29) is 0 Å². The van der Waals surface area contributed by atoms with Crippen molar-refractivity contribution >= 4 is 37.5 Å². The van der Waals surface area contributed by atoms with Crippen LogP contribution in [-0.2, 0) is 0 Å². The van der Waals surface area contributed by atoms with Crippen molar-refractivity contribution in [1.82, 2.24) is 0 Å². The van der Waals surface area contributed by atoms with Crippen LogP contribution in [0.15, 0.2) is 13.6 Å². The molecule has 0 aliphatic heterocycles. The molecule has 0 saturated heterocycles. The molecular weight excluding hydrogens is 262 g/mol. The lowest BCUT2D eigenvalue weighted by molar-refractivity contribution is 0.528. The van der Waals surface area contributed by atoms with Gasteiger partial charge in [0.05, 0.1) is 4.47 Å². The van der Waals surface area contributed by atoms with Crippen LogP contribution in [0.2, 0.25) is 0 Å². The molecule has 0 saturated carbocycles. The van der Waals surface area contributed by atoms with Crippen LogP contribution in [0, 0.1) is 12.3 Å². The molecule has 0 unspecified atom stereocenters. The molecular formula is C6H3Br2NO. The van der Waals surface area contributed by atoms with Crippen LogP contribution in [-0.4, -0.2) is 0 Å². The maximum atomic E-state index is 5.50. The number of nitrogen functional groups attached to an aromatic ring is 1. The molecule has 52 valence electrons. The van der Waals surface area contributed by atoms with Crippen LogP contribution >= 0.6 is 31.9 Å². The second-order valence-electron chi connectivity index (χ2n) is 1.58. The number of anilines is 1. The summed E-state index contributed by atoms with van der Waals surface area (Å²) in [4.78, 5) is 0. The van der Waals surface area contributed by atoms with E-state index < -0.39 is 0 Å². The zero-order valence-electron chi connectivity index (χ0n) is 4.82. The molecule has 0 amide bonds. The topological polar surface area (TPSA) is 39.2 Å². The molecule has 1 aromatic rings. The highest BCUT2D eigenvalue weighted by Gasteiger charge is 2.10. The van der Waals surface area contributed by atoms with Crippen molar-refractivity contribution in [3.63, 3.8) is 0 Å². The highest BCUT2D eigenvalue weighted by molar-refractivity contribution is 9.13. The first kappa shape index (κ1) is 7.70. The molecule has 0 spiro atoms. The van der Waals surface area contributed by atoms with Crippen LogP contribution < -0.4 is 5.73 Å². The van der Waals surface area contributed by atoms with Gasteiger partial charge in [0.2, 0.25) is 5.76 Å². The van der Waals surface area contributed by atoms with Gasteiger partial charge in [-0.05, 0) is 37.8 Å². The molecule has 0 fully saturated rings. The van der Waals surface area contributed by atoms with Gasteiger partial charge in [-0.1, -0.05) is 0 Å². The van der Waals surface area contributed by atoms with E-state index in [1.165, 1.54) is 0 Å². The molecule has 10 heavy (non-hydrogen) atoms. The van der Waals surface area contributed by atoms with E-state index in [1.807, 2.05) is 0 Å². The second kappa shape index (κ2) is 2.69. The highest BCUT2D eigenvalue weighted by Crippen LogP contribution is 2.33. The normalized spacial score (nSPS) is 9.30. The van der Waals surface area contributed by atoms with Gasteiger partial charge in [-0.25, -0.2) is 0 Å². The van der Waals surface area contributed by atoms with E-state index >= 15 is 0 Å². The van der Waals surface area contributed by atoms with Crippen molar-refractivity contribution < 1.29 is 4.42 Å². The molecule has 0 aromatic carbocycles. The van der Waals surface area contributed by atoms with Crippen LogP contribution in [0.25, 0.3) is 0 Å². The zero-order valence-corrected chi connectivity index (χ0v) is 7.99. The fourth-order valence-corrected chi connectivity index (χ4v) is 1.14. The van der Waals surface area contributed by atoms with E-state index in [0.29, 0.717) is 20.6 Å². The lowest BCUT2D eigenvalue weighted by Gasteiger charge is -1.82. The van der Waals surface area contributed by atoms with E-state index in [4.69, 9.17) is 16.6 Å². The third-order valence-corrected chi connectivity index (χ3v) is 2.85. The largest absolute Gasteiger partial charge is 0.438 e. The number of terminal acetylenes is 1. The lowest BCUT2D eigenvalue weighted by Crippen LogP contribution is -1.84. The third-order valence-electron chi connectivity index (χ3n) is 0.976. The number of furan rings is 1. The van der Waals surface area contributed by atoms with Crippen LogP contribution in [0.5, 0.6) is 0 Å². The third kappa shape index (κ3) is 1.07. The molecule has 4 heteroatoms. The van der Waals surface area contributed by atoms with Gasteiger partial charge in [-0.2, -0.15) is 0 Å². The SMILES string of the molecule is C#Cc1oc(Br)c(Br)c1N. The molecule has 1 rings (SSSR count). The van der Waals surface area contributed by atoms with E-state index in [9.17, 15) is 0 Å². The van der Waals surface area contributed by atoms with Crippen molar-refractivity contribution in [3.05, 3.63) is 14.9 Å². The summed E-state index contributed by atoms with van der Waals surface area (Å²) in [5, 5.41) is 0. The summed E-state index contributed by atoms with van der Waals surface area (Å²) in [6.07, 6.45) is 5.07. The van der Waals surface area contributed by atoms with Crippen LogP contribution in [0.1, 0.15) is 5.76 Å². The predicted octanol–water partition coefficient (Wildman–Crippen LogP) is 2.37. The lowest BCUT2D eigenvalue weighted by atomic mass is 10.4. The van der Waals surface area contributed by atoms with E-state index in [1.54, 1.807) is 0 Å². The maximum absolute atomic E-state index is 5.50. The minimum absolute atomic E-state index is 0.346. The summed E-state index contributed by atoms with van der Waals surface area (Å²) in [5.74, 6) is 2.65. The Morgan fingerprint density at radius 2 is 2.10 bits per heavy atom. The zero-order chi connectivity index (χ0) is 7.72. The first-order chi connectivity index (χ1) is 4.66. The van der Waals surface area contributed by atoms with Gasteiger partial charge in [0.15, 0.2) is 4.67 Å². The van der Waals surface area contributed by atoms with Crippen LogP contribution in [0.4, 0.5) is 5.69 Å². The Balaban J connectivity index is 3.34. The van der Waals surface area contributed by atoms with Gasteiger partial charge >= 0.3 is 0 Å². The number of hydrogen-bond donors (Lipinski definition) is 1. The van der Waals surface area contributed by atoms with Crippen molar-refractivity contribution in [2.24, 2.45) is 0 Å². The van der Waals surface area contributed by atoms with Crippen molar-refractivity contribution in [2.45, 2.75) is 0 Å². The van der Waals surface area contributed by atoms with E-state index in [0.717, 1.165) is 0 Å². The molecule has 0 bridgehead atoms. The van der Waals surface area contributed by atoms with Gasteiger partial charge in [0, 0.05) is 0 Å². The van der Waals surface area contributed by atoms with Gasteiger partial charge in [-0.15, -0.1) is 6.42 Å². The number of halogens is 2. The summed E-state index contributed by atoms with van der Waals surface area (Å²) in [7, 11) is 0. The summed E-state index contributed by atoms with van der Waals surface area (Å²) in [6.45, 7) is 0. The number of nitrogens with two attached hydrogens (primary N) is 1. The Kier molecular flexibility index (Phi) is 2.07. The molecule has 0 aliphatic carbocycles. The summed E-state index contributed by atoms with van der Waals surface area (Å²) in [5.41, 5.74) is 5.95. The monoisotopic (exact) mass is 263 g/mol. The Morgan fingerprint density at radius 1 is 1.50 bits per heavy atom. The quantitative estimate of drug-likeness (QED) is 0.731.